The van der Waals surface area contributed by atoms with Crippen LogP contribution in [0.3, 0.4) is 0 Å². The van der Waals surface area contributed by atoms with Gasteiger partial charge in [0.2, 0.25) is 0 Å². The maximum atomic E-state index is 14.5. The number of amides is 1. The smallest absolute Gasteiger partial charge is 0.287 e. The van der Waals surface area contributed by atoms with Gasteiger partial charge in [0.25, 0.3) is 11.5 Å². The van der Waals surface area contributed by atoms with Crippen molar-refractivity contribution in [2.24, 2.45) is 0 Å². The van der Waals surface area contributed by atoms with Crippen LogP contribution in [0.4, 0.5) is 27.3 Å². The molecule has 2 heterocycles. The van der Waals surface area contributed by atoms with Crippen molar-refractivity contribution in [3.05, 3.63) is 88.9 Å². The van der Waals surface area contributed by atoms with Gasteiger partial charge in [-0.05, 0) is 61.0 Å². The molecule has 0 aliphatic carbocycles. The number of hydrogen-bond donors (Lipinski definition) is 4. The molecule has 0 aliphatic heterocycles. The summed E-state index contributed by atoms with van der Waals surface area (Å²) in [6, 6.07) is 14.3. The van der Waals surface area contributed by atoms with Crippen LogP contribution in [0.25, 0.3) is 11.3 Å². The number of hydrogen-bond acceptors (Lipinski definition) is 7. The molecular formula is C24H22FN7O2. The third kappa shape index (κ3) is 5.41. The van der Waals surface area contributed by atoms with E-state index in [2.05, 4.69) is 43.0 Å². The van der Waals surface area contributed by atoms with Gasteiger partial charge in [-0.1, -0.05) is 6.92 Å². The van der Waals surface area contributed by atoms with Crippen LogP contribution in [0.15, 0.2) is 71.9 Å². The van der Waals surface area contributed by atoms with Crippen LogP contribution >= 0.6 is 0 Å². The van der Waals surface area contributed by atoms with Gasteiger partial charge in [0, 0.05) is 29.6 Å². The lowest BCUT2D eigenvalue weighted by Gasteiger charge is -2.10. The molecule has 0 saturated carbocycles. The van der Waals surface area contributed by atoms with Gasteiger partial charge in [-0.2, -0.15) is 5.10 Å². The summed E-state index contributed by atoms with van der Waals surface area (Å²) in [5, 5.41) is 15.2. The fraction of sp³-hybridized carbons (Fsp3) is 0.125. The molecule has 10 heteroatoms. The Balaban J connectivity index is 1.55. The predicted octanol–water partition coefficient (Wildman–Crippen LogP) is 4.18. The summed E-state index contributed by atoms with van der Waals surface area (Å²) < 4.78 is 14.5. The van der Waals surface area contributed by atoms with Crippen molar-refractivity contribution in [3.63, 3.8) is 0 Å². The van der Waals surface area contributed by atoms with Crippen molar-refractivity contribution in [2.45, 2.75) is 13.3 Å². The van der Waals surface area contributed by atoms with E-state index in [0.29, 0.717) is 22.6 Å². The van der Waals surface area contributed by atoms with Crippen LogP contribution in [0.5, 0.6) is 0 Å². The fourth-order valence-corrected chi connectivity index (χ4v) is 3.13. The van der Waals surface area contributed by atoms with Crippen LogP contribution in [0.1, 0.15) is 23.7 Å². The summed E-state index contributed by atoms with van der Waals surface area (Å²) >= 11 is 0. The normalized spacial score (nSPS) is 10.5. The summed E-state index contributed by atoms with van der Waals surface area (Å²) in [6.45, 7) is 2.90. The molecule has 4 N–H and O–H groups in total. The zero-order valence-corrected chi connectivity index (χ0v) is 18.3. The molecule has 0 unspecified atom stereocenters. The molecule has 34 heavy (non-hydrogen) atoms. The average molecular weight is 459 g/mol. The topological polar surface area (TPSA) is 125 Å². The Labute approximate surface area is 194 Å². The first-order valence-electron chi connectivity index (χ1n) is 10.6. The molecule has 0 atom stereocenters. The Hall–Kier alpha value is -4.60. The SMILES string of the molecule is CCCNc1ccc(C(=O)Nc2cc(-c3cc(Nc4ccncn4)c(=O)[nH]n3)ccc2F)cc1. The van der Waals surface area contributed by atoms with Gasteiger partial charge in [-0.25, -0.2) is 19.5 Å². The first kappa shape index (κ1) is 22.6. The molecular weight excluding hydrogens is 437 g/mol. The quantitative estimate of drug-likeness (QED) is 0.311. The second-order valence-electron chi connectivity index (χ2n) is 7.37. The number of halogens is 1. The molecule has 1 amide bonds. The van der Waals surface area contributed by atoms with E-state index in [9.17, 15) is 14.0 Å². The Kier molecular flexibility index (Phi) is 6.87. The number of aromatic amines is 1. The van der Waals surface area contributed by atoms with E-state index in [0.717, 1.165) is 18.7 Å². The van der Waals surface area contributed by atoms with Gasteiger partial charge in [-0.3, -0.25) is 9.59 Å². The molecule has 0 spiro atoms. The average Bonchev–Trinajstić information content (AvgIpc) is 2.86. The van der Waals surface area contributed by atoms with Gasteiger partial charge in [0.1, 0.15) is 23.6 Å². The van der Waals surface area contributed by atoms with Crippen LogP contribution in [-0.2, 0) is 0 Å². The second kappa shape index (κ2) is 10.3. The first-order valence-corrected chi connectivity index (χ1v) is 10.6. The Morgan fingerprint density at radius 2 is 1.88 bits per heavy atom. The number of benzene rings is 2. The summed E-state index contributed by atoms with van der Waals surface area (Å²) in [4.78, 5) is 32.7. The number of aromatic nitrogens is 4. The lowest BCUT2D eigenvalue weighted by atomic mass is 10.1. The van der Waals surface area contributed by atoms with Gasteiger partial charge >= 0.3 is 0 Å². The van der Waals surface area contributed by atoms with Crippen molar-refractivity contribution in [1.29, 1.82) is 0 Å². The number of carbonyl (C=O) groups excluding carboxylic acids is 1. The Morgan fingerprint density at radius 3 is 2.62 bits per heavy atom. The van der Waals surface area contributed by atoms with Crippen molar-refractivity contribution in [2.75, 3.05) is 22.5 Å². The molecule has 0 radical (unpaired) electrons. The first-order chi connectivity index (χ1) is 16.5. The van der Waals surface area contributed by atoms with E-state index in [1.165, 1.54) is 36.8 Å². The predicted molar refractivity (Wildman–Crippen MR) is 129 cm³/mol. The van der Waals surface area contributed by atoms with Crippen LogP contribution in [-0.4, -0.2) is 32.6 Å². The maximum absolute atomic E-state index is 14.5. The molecule has 4 rings (SSSR count). The zero-order valence-electron chi connectivity index (χ0n) is 18.3. The molecule has 172 valence electrons. The molecule has 0 aliphatic rings. The minimum Gasteiger partial charge on any atom is -0.385 e. The number of nitrogens with zero attached hydrogens (tertiary/aromatic N) is 3. The number of rotatable bonds is 8. The van der Waals surface area contributed by atoms with E-state index in [1.807, 2.05) is 0 Å². The van der Waals surface area contributed by atoms with Gasteiger partial charge in [0.05, 0.1) is 11.4 Å². The number of H-pyrrole nitrogens is 1. The summed E-state index contributed by atoms with van der Waals surface area (Å²) in [7, 11) is 0. The van der Waals surface area contributed by atoms with Crippen molar-refractivity contribution >= 4 is 28.8 Å². The Bertz CT molecular complexity index is 1340. The molecule has 0 saturated heterocycles. The van der Waals surface area contributed by atoms with E-state index < -0.39 is 17.3 Å². The number of anilines is 4. The van der Waals surface area contributed by atoms with E-state index >= 15 is 0 Å². The molecule has 2 aromatic carbocycles. The lowest BCUT2D eigenvalue weighted by molar-refractivity contribution is 0.102. The molecule has 2 aromatic heterocycles. The van der Waals surface area contributed by atoms with E-state index in [1.54, 1.807) is 30.3 Å². The highest BCUT2D eigenvalue weighted by atomic mass is 19.1. The fourth-order valence-electron chi connectivity index (χ4n) is 3.13. The van der Waals surface area contributed by atoms with Gasteiger partial charge in [-0.15, -0.1) is 0 Å². The molecule has 0 bridgehead atoms. The van der Waals surface area contributed by atoms with Crippen molar-refractivity contribution in [3.8, 4) is 11.3 Å². The third-order valence-electron chi connectivity index (χ3n) is 4.88. The summed E-state index contributed by atoms with van der Waals surface area (Å²) in [5.41, 5.74) is 1.92. The second-order valence-corrected chi connectivity index (χ2v) is 7.37. The largest absolute Gasteiger partial charge is 0.385 e. The summed E-state index contributed by atoms with van der Waals surface area (Å²) in [6.07, 6.45) is 3.87. The van der Waals surface area contributed by atoms with Crippen LogP contribution in [0, 0.1) is 5.82 Å². The molecule has 9 nitrogen and oxygen atoms in total. The third-order valence-corrected chi connectivity index (χ3v) is 4.88. The highest BCUT2D eigenvalue weighted by molar-refractivity contribution is 6.04. The van der Waals surface area contributed by atoms with E-state index in [4.69, 9.17) is 0 Å². The van der Waals surface area contributed by atoms with Crippen molar-refractivity contribution in [1.82, 2.24) is 20.2 Å². The minimum atomic E-state index is -0.595. The summed E-state index contributed by atoms with van der Waals surface area (Å²) in [5.74, 6) is -0.610. The highest BCUT2D eigenvalue weighted by Gasteiger charge is 2.13. The number of carbonyl (C=O) groups is 1. The Morgan fingerprint density at radius 1 is 1.06 bits per heavy atom. The monoisotopic (exact) mass is 459 g/mol. The lowest BCUT2D eigenvalue weighted by Crippen LogP contribution is -2.14. The van der Waals surface area contributed by atoms with Crippen LogP contribution < -0.4 is 21.5 Å². The molecule has 4 aromatic rings. The number of nitrogens with one attached hydrogen (secondary N) is 4. The highest BCUT2D eigenvalue weighted by Crippen LogP contribution is 2.25. The standard InChI is InChI=1S/C24H22FN7O2/c1-2-10-27-17-6-3-15(4-7-17)23(33)30-20-12-16(5-8-18(20)25)19-13-21(24(34)32-31-19)29-22-9-11-26-14-28-22/h3-9,11-14,27H,2,10H2,1H3,(H,30,33)(H,32,34)(H,26,28,29,31). The van der Waals surface area contributed by atoms with Crippen molar-refractivity contribution < 1.29 is 9.18 Å². The van der Waals surface area contributed by atoms with Crippen LogP contribution in [0.2, 0.25) is 0 Å². The molecule has 0 fully saturated rings. The zero-order chi connectivity index (χ0) is 23.9. The van der Waals surface area contributed by atoms with Gasteiger partial charge < -0.3 is 16.0 Å². The minimum absolute atomic E-state index is 0.00556. The van der Waals surface area contributed by atoms with E-state index in [-0.39, 0.29) is 11.4 Å². The van der Waals surface area contributed by atoms with Gasteiger partial charge in [0.15, 0.2) is 0 Å². The maximum Gasteiger partial charge on any atom is 0.287 e.